The van der Waals surface area contributed by atoms with Crippen LogP contribution in [-0.4, -0.2) is 51.3 Å². The predicted octanol–water partition coefficient (Wildman–Crippen LogP) is 1.91. The third-order valence-electron chi connectivity index (χ3n) is 4.62. The number of thioether (sulfide) groups is 1. The lowest BCUT2D eigenvalue weighted by atomic mass is 10.1. The van der Waals surface area contributed by atoms with Crippen molar-refractivity contribution in [1.29, 1.82) is 0 Å². The molecule has 8 heteroatoms. The molecule has 0 radical (unpaired) electrons. The quantitative estimate of drug-likeness (QED) is 0.643. The lowest BCUT2D eigenvalue weighted by Crippen LogP contribution is -2.41. The van der Waals surface area contributed by atoms with Crippen LogP contribution in [0.15, 0.2) is 9.64 Å². The molecule has 24 heavy (non-hydrogen) atoms. The Morgan fingerprint density at radius 2 is 2.04 bits per heavy atom. The van der Waals surface area contributed by atoms with Gasteiger partial charge in [-0.05, 0) is 12.8 Å². The van der Waals surface area contributed by atoms with E-state index in [2.05, 4.69) is 15.5 Å². The molecule has 1 aromatic heterocycles. The third kappa shape index (κ3) is 4.49. The van der Waals surface area contributed by atoms with E-state index in [0.717, 1.165) is 12.8 Å². The first kappa shape index (κ1) is 17.3. The Labute approximate surface area is 145 Å². The highest BCUT2D eigenvalue weighted by molar-refractivity contribution is 7.99. The van der Waals surface area contributed by atoms with Gasteiger partial charge >= 0.3 is 0 Å². The molecule has 132 valence electrons. The van der Waals surface area contributed by atoms with Crippen LogP contribution in [0.25, 0.3) is 0 Å². The van der Waals surface area contributed by atoms with Gasteiger partial charge in [0, 0.05) is 25.9 Å². The summed E-state index contributed by atoms with van der Waals surface area (Å²) in [5.41, 5.74) is 0. The second-order valence-electron chi connectivity index (χ2n) is 6.54. The standard InChI is InChI=1S/C16H24N4O3S/c1-11-18-19-16(23-11)24-10-14(21)17-12-8-15(22)20(9-12)13-6-4-2-3-5-7-13/h12-13H,2-10H2,1H3,(H,17,21)/t12-/m1/s1. The first-order valence-electron chi connectivity index (χ1n) is 8.63. The number of carbonyl (C=O) groups excluding carboxylic acids is 2. The topological polar surface area (TPSA) is 88.3 Å². The number of carbonyl (C=O) groups is 2. The van der Waals surface area contributed by atoms with Gasteiger partial charge in [-0.1, -0.05) is 37.4 Å². The maximum Gasteiger partial charge on any atom is 0.277 e. The Morgan fingerprint density at radius 1 is 1.29 bits per heavy atom. The molecular weight excluding hydrogens is 328 g/mol. The van der Waals surface area contributed by atoms with Crippen LogP contribution in [0.2, 0.25) is 0 Å². The molecule has 2 amide bonds. The molecule has 0 unspecified atom stereocenters. The van der Waals surface area contributed by atoms with Crippen LogP contribution in [0.5, 0.6) is 0 Å². The van der Waals surface area contributed by atoms with Crippen LogP contribution in [-0.2, 0) is 9.59 Å². The molecule has 1 aromatic rings. The fourth-order valence-corrected chi connectivity index (χ4v) is 4.10. The van der Waals surface area contributed by atoms with Crippen LogP contribution in [0.4, 0.5) is 0 Å². The van der Waals surface area contributed by atoms with Gasteiger partial charge in [0.15, 0.2) is 0 Å². The minimum Gasteiger partial charge on any atom is -0.416 e. The molecule has 2 aliphatic rings. The van der Waals surface area contributed by atoms with E-state index in [1.54, 1.807) is 6.92 Å². The zero-order chi connectivity index (χ0) is 16.9. The van der Waals surface area contributed by atoms with Crippen molar-refractivity contribution in [3.05, 3.63) is 5.89 Å². The highest BCUT2D eigenvalue weighted by Gasteiger charge is 2.35. The van der Waals surface area contributed by atoms with Crippen LogP contribution < -0.4 is 5.32 Å². The smallest absolute Gasteiger partial charge is 0.277 e. The highest BCUT2D eigenvalue weighted by atomic mass is 32.2. The summed E-state index contributed by atoms with van der Waals surface area (Å²) in [5, 5.41) is 10.9. The second kappa shape index (κ2) is 8.00. The van der Waals surface area contributed by atoms with Gasteiger partial charge in [-0.2, -0.15) is 0 Å². The summed E-state index contributed by atoms with van der Waals surface area (Å²) in [4.78, 5) is 26.4. The molecule has 1 saturated heterocycles. The number of rotatable bonds is 5. The number of aryl methyl sites for hydroxylation is 1. The average molecular weight is 352 g/mol. The third-order valence-corrected chi connectivity index (χ3v) is 5.44. The van der Waals surface area contributed by atoms with E-state index >= 15 is 0 Å². The van der Waals surface area contributed by atoms with Gasteiger partial charge in [0.2, 0.25) is 17.7 Å². The van der Waals surface area contributed by atoms with Crippen molar-refractivity contribution in [2.75, 3.05) is 12.3 Å². The Morgan fingerprint density at radius 3 is 2.71 bits per heavy atom. The number of likely N-dealkylation sites (tertiary alicyclic amines) is 1. The molecule has 0 spiro atoms. The van der Waals surface area contributed by atoms with Gasteiger partial charge in [-0.25, -0.2) is 0 Å². The van der Waals surface area contributed by atoms with Crippen LogP contribution in [0, 0.1) is 6.92 Å². The minimum atomic E-state index is -0.101. The van der Waals surface area contributed by atoms with Crippen LogP contribution in [0.1, 0.15) is 50.8 Å². The van der Waals surface area contributed by atoms with E-state index < -0.39 is 0 Å². The molecule has 0 bridgehead atoms. The summed E-state index contributed by atoms with van der Waals surface area (Å²) in [6.07, 6.45) is 7.54. The molecular formula is C16H24N4O3S. The largest absolute Gasteiger partial charge is 0.416 e. The van der Waals surface area contributed by atoms with Crippen molar-refractivity contribution in [2.45, 2.75) is 69.2 Å². The van der Waals surface area contributed by atoms with Crippen molar-refractivity contribution in [3.8, 4) is 0 Å². The molecule has 2 heterocycles. The predicted molar refractivity (Wildman–Crippen MR) is 89.5 cm³/mol. The maximum atomic E-state index is 12.3. The van der Waals surface area contributed by atoms with E-state index in [9.17, 15) is 9.59 Å². The van der Waals surface area contributed by atoms with Crippen LogP contribution in [0.3, 0.4) is 0 Å². The number of nitrogens with one attached hydrogen (secondary N) is 1. The molecule has 2 fully saturated rings. The van der Waals surface area contributed by atoms with Crippen molar-refractivity contribution in [1.82, 2.24) is 20.4 Å². The van der Waals surface area contributed by atoms with Gasteiger partial charge < -0.3 is 14.6 Å². The summed E-state index contributed by atoms with van der Waals surface area (Å²) in [5.74, 6) is 0.775. The number of hydrogen-bond acceptors (Lipinski definition) is 6. The zero-order valence-electron chi connectivity index (χ0n) is 14.0. The summed E-state index contributed by atoms with van der Waals surface area (Å²) in [7, 11) is 0. The lowest BCUT2D eigenvalue weighted by Gasteiger charge is -2.27. The number of amides is 2. The van der Waals surface area contributed by atoms with Crippen LogP contribution >= 0.6 is 11.8 Å². The highest BCUT2D eigenvalue weighted by Crippen LogP contribution is 2.26. The molecule has 1 aliphatic carbocycles. The molecule has 1 saturated carbocycles. The lowest BCUT2D eigenvalue weighted by molar-refractivity contribution is -0.129. The first-order chi connectivity index (χ1) is 11.6. The van der Waals surface area contributed by atoms with Gasteiger partial charge in [0.05, 0.1) is 11.8 Å². The Bertz CT molecular complexity index is 584. The fourth-order valence-electron chi connectivity index (χ4n) is 3.48. The van der Waals surface area contributed by atoms with E-state index in [1.165, 1.54) is 37.4 Å². The van der Waals surface area contributed by atoms with E-state index in [0.29, 0.717) is 30.1 Å². The average Bonchev–Trinajstić information content (AvgIpc) is 3.01. The Hall–Kier alpha value is -1.57. The first-order valence-corrected chi connectivity index (χ1v) is 9.62. The number of nitrogens with zero attached hydrogens (tertiary/aromatic N) is 3. The summed E-state index contributed by atoms with van der Waals surface area (Å²) >= 11 is 1.21. The molecule has 1 atom stereocenters. The van der Waals surface area contributed by atoms with Gasteiger partial charge in [0.1, 0.15) is 0 Å². The van der Waals surface area contributed by atoms with Crippen molar-refractivity contribution >= 4 is 23.6 Å². The Balaban J connectivity index is 1.45. The maximum absolute atomic E-state index is 12.3. The molecule has 7 nitrogen and oxygen atoms in total. The minimum absolute atomic E-state index is 0.0849. The van der Waals surface area contributed by atoms with Crippen molar-refractivity contribution in [2.24, 2.45) is 0 Å². The SMILES string of the molecule is Cc1nnc(SCC(=O)N[C@@H]2CC(=O)N(C3CCCCCC3)C2)o1. The number of aromatic nitrogens is 2. The Kier molecular flexibility index (Phi) is 5.76. The molecule has 1 aliphatic heterocycles. The van der Waals surface area contributed by atoms with E-state index in [4.69, 9.17) is 4.42 Å². The molecule has 1 N–H and O–H groups in total. The van der Waals surface area contributed by atoms with Gasteiger partial charge in [0.25, 0.3) is 5.22 Å². The normalized spacial score (nSPS) is 22.6. The second-order valence-corrected chi connectivity index (χ2v) is 7.46. The van der Waals surface area contributed by atoms with Gasteiger partial charge in [-0.15, -0.1) is 10.2 Å². The van der Waals surface area contributed by atoms with Gasteiger partial charge in [-0.3, -0.25) is 9.59 Å². The monoisotopic (exact) mass is 352 g/mol. The van der Waals surface area contributed by atoms with E-state index in [-0.39, 0.29) is 23.6 Å². The zero-order valence-corrected chi connectivity index (χ0v) is 14.8. The van der Waals surface area contributed by atoms with Crippen molar-refractivity contribution < 1.29 is 14.0 Å². The number of hydrogen-bond donors (Lipinski definition) is 1. The summed E-state index contributed by atoms with van der Waals surface area (Å²) in [6, 6.07) is 0.274. The fraction of sp³-hybridized carbons (Fsp3) is 0.750. The molecule has 3 rings (SSSR count). The molecule has 0 aromatic carbocycles. The van der Waals surface area contributed by atoms with E-state index in [1.807, 2.05) is 4.90 Å². The summed E-state index contributed by atoms with van der Waals surface area (Å²) in [6.45, 7) is 2.35. The van der Waals surface area contributed by atoms with Crippen molar-refractivity contribution in [3.63, 3.8) is 0 Å². The summed E-state index contributed by atoms with van der Waals surface area (Å²) < 4.78 is 5.23.